The molecular weight excluding hydrogens is 230 g/mol. The van der Waals surface area contributed by atoms with E-state index < -0.39 is 6.04 Å². The van der Waals surface area contributed by atoms with Crippen molar-refractivity contribution >= 4 is 17.1 Å². The molecule has 0 bridgehead atoms. The third kappa shape index (κ3) is 3.02. The van der Waals surface area contributed by atoms with Gasteiger partial charge in [-0.2, -0.15) is 0 Å². The summed E-state index contributed by atoms with van der Waals surface area (Å²) >= 11 is 1.51. The molecule has 1 heterocycles. The highest BCUT2D eigenvalue weighted by Crippen LogP contribution is 2.17. The molecule has 2 N–H and O–H groups in total. The molecule has 0 aliphatic carbocycles. The zero-order chi connectivity index (χ0) is 12.3. The standard InChI is InChI=1S/C14H15NOS/c1-10-7-8-13(17-10)14(16)12(15)9-11-5-3-2-4-6-11/h2-8,12H,9,15H2,1H3. The number of carbonyl (C=O) groups is 1. The molecule has 1 atom stereocenters. The van der Waals surface area contributed by atoms with Gasteiger partial charge in [0, 0.05) is 4.88 Å². The van der Waals surface area contributed by atoms with Crippen LogP contribution in [0, 0.1) is 6.92 Å². The molecule has 0 spiro atoms. The average Bonchev–Trinajstić information content (AvgIpc) is 2.76. The summed E-state index contributed by atoms with van der Waals surface area (Å²) in [5.41, 5.74) is 7.05. The van der Waals surface area contributed by atoms with Crippen LogP contribution < -0.4 is 5.73 Å². The van der Waals surface area contributed by atoms with E-state index in [-0.39, 0.29) is 5.78 Å². The van der Waals surface area contributed by atoms with Crippen LogP contribution in [0.1, 0.15) is 20.1 Å². The Morgan fingerprint density at radius 2 is 1.94 bits per heavy atom. The van der Waals surface area contributed by atoms with Crippen molar-refractivity contribution in [1.82, 2.24) is 0 Å². The molecular formula is C14H15NOS. The number of nitrogens with two attached hydrogens (primary N) is 1. The third-order valence-corrected chi connectivity index (χ3v) is 3.63. The van der Waals surface area contributed by atoms with E-state index in [0.717, 1.165) is 15.3 Å². The molecule has 0 saturated carbocycles. The van der Waals surface area contributed by atoms with E-state index in [1.165, 1.54) is 11.3 Å². The zero-order valence-corrected chi connectivity index (χ0v) is 10.5. The molecule has 3 heteroatoms. The van der Waals surface area contributed by atoms with Gasteiger partial charge in [0.2, 0.25) is 0 Å². The van der Waals surface area contributed by atoms with E-state index in [0.29, 0.717) is 6.42 Å². The van der Waals surface area contributed by atoms with Crippen LogP contribution in [0.25, 0.3) is 0 Å². The number of hydrogen-bond donors (Lipinski definition) is 1. The molecule has 0 saturated heterocycles. The first-order valence-electron chi connectivity index (χ1n) is 5.57. The van der Waals surface area contributed by atoms with Gasteiger partial charge in [0.1, 0.15) is 0 Å². The van der Waals surface area contributed by atoms with Crippen LogP contribution in [0.15, 0.2) is 42.5 Å². The molecule has 17 heavy (non-hydrogen) atoms. The smallest absolute Gasteiger partial charge is 0.189 e. The summed E-state index contributed by atoms with van der Waals surface area (Å²) in [5, 5.41) is 0. The van der Waals surface area contributed by atoms with E-state index in [4.69, 9.17) is 5.73 Å². The van der Waals surface area contributed by atoms with Crippen molar-refractivity contribution < 1.29 is 4.79 Å². The van der Waals surface area contributed by atoms with E-state index in [1.54, 1.807) is 0 Å². The van der Waals surface area contributed by atoms with Gasteiger partial charge in [-0.1, -0.05) is 30.3 Å². The van der Waals surface area contributed by atoms with Gasteiger partial charge in [-0.05, 0) is 31.0 Å². The summed E-state index contributed by atoms with van der Waals surface area (Å²) in [6.45, 7) is 1.99. The largest absolute Gasteiger partial charge is 0.321 e. The molecule has 2 rings (SSSR count). The third-order valence-electron chi connectivity index (χ3n) is 2.62. The summed E-state index contributed by atoms with van der Waals surface area (Å²) in [6, 6.07) is 13.2. The van der Waals surface area contributed by atoms with Crippen LogP contribution in [0.5, 0.6) is 0 Å². The number of hydrogen-bond acceptors (Lipinski definition) is 3. The number of carbonyl (C=O) groups excluding carboxylic acids is 1. The molecule has 88 valence electrons. The van der Waals surface area contributed by atoms with Crippen molar-refractivity contribution in [3.8, 4) is 0 Å². The van der Waals surface area contributed by atoms with Crippen LogP contribution in [0.4, 0.5) is 0 Å². The molecule has 0 radical (unpaired) electrons. The van der Waals surface area contributed by atoms with Crippen molar-refractivity contribution in [2.45, 2.75) is 19.4 Å². The Morgan fingerprint density at radius 1 is 1.24 bits per heavy atom. The van der Waals surface area contributed by atoms with Crippen LogP contribution >= 0.6 is 11.3 Å². The fourth-order valence-electron chi connectivity index (χ4n) is 1.71. The molecule has 0 amide bonds. The van der Waals surface area contributed by atoms with Crippen molar-refractivity contribution in [1.29, 1.82) is 0 Å². The fourth-order valence-corrected chi connectivity index (χ4v) is 2.58. The minimum Gasteiger partial charge on any atom is -0.321 e. The number of Topliss-reactive ketones (excluding diaryl/α,β-unsaturated/α-hetero) is 1. The van der Waals surface area contributed by atoms with Crippen LogP contribution in [0.3, 0.4) is 0 Å². The van der Waals surface area contributed by atoms with Gasteiger partial charge in [-0.25, -0.2) is 0 Å². The Bertz CT molecular complexity index is 504. The molecule has 2 nitrogen and oxygen atoms in total. The minimum atomic E-state index is -0.449. The first kappa shape index (κ1) is 12.0. The van der Waals surface area contributed by atoms with Crippen LogP contribution in [-0.4, -0.2) is 11.8 Å². The van der Waals surface area contributed by atoms with Crippen molar-refractivity contribution in [2.75, 3.05) is 0 Å². The average molecular weight is 245 g/mol. The summed E-state index contributed by atoms with van der Waals surface area (Å²) in [6.07, 6.45) is 0.594. The lowest BCUT2D eigenvalue weighted by molar-refractivity contribution is 0.0965. The number of aryl methyl sites for hydroxylation is 1. The zero-order valence-electron chi connectivity index (χ0n) is 9.72. The fraction of sp³-hybridized carbons (Fsp3) is 0.214. The number of thiophene rings is 1. The molecule has 0 aliphatic heterocycles. The van der Waals surface area contributed by atoms with Gasteiger partial charge >= 0.3 is 0 Å². The Kier molecular flexibility index (Phi) is 3.71. The van der Waals surface area contributed by atoms with E-state index in [2.05, 4.69) is 0 Å². The Balaban J connectivity index is 2.06. The lowest BCUT2D eigenvalue weighted by atomic mass is 10.0. The second kappa shape index (κ2) is 5.25. The predicted octanol–water partition coefficient (Wildman–Crippen LogP) is 2.81. The lowest BCUT2D eigenvalue weighted by Gasteiger charge is -2.09. The Morgan fingerprint density at radius 3 is 2.53 bits per heavy atom. The van der Waals surface area contributed by atoms with Crippen molar-refractivity contribution in [2.24, 2.45) is 5.73 Å². The number of ketones is 1. The maximum Gasteiger partial charge on any atom is 0.189 e. The summed E-state index contributed by atoms with van der Waals surface area (Å²) in [7, 11) is 0. The molecule has 2 aromatic rings. The van der Waals surface area contributed by atoms with E-state index in [9.17, 15) is 4.79 Å². The molecule has 0 aliphatic rings. The highest BCUT2D eigenvalue weighted by Gasteiger charge is 2.17. The quantitative estimate of drug-likeness (QED) is 0.842. The summed E-state index contributed by atoms with van der Waals surface area (Å²) < 4.78 is 0. The SMILES string of the molecule is Cc1ccc(C(=O)C(N)Cc2ccccc2)s1. The highest BCUT2D eigenvalue weighted by atomic mass is 32.1. The van der Waals surface area contributed by atoms with Crippen molar-refractivity contribution in [3.05, 3.63) is 57.8 Å². The van der Waals surface area contributed by atoms with Crippen LogP contribution in [0.2, 0.25) is 0 Å². The van der Waals surface area contributed by atoms with Gasteiger partial charge in [0.25, 0.3) is 0 Å². The van der Waals surface area contributed by atoms with Crippen molar-refractivity contribution in [3.63, 3.8) is 0 Å². The van der Waals surface area contributed by atoms with E-state index >= 15 is 0 Å². The molecule has 1 unspecified atom stereocenters. The minimum absolute atomic E-state index is 0.0342. The first-order chi connectivity index (χ1) is 8.16. The normalized spacial score (nSPS) is 12.4. The maximum atomic E-state index is 12.0. The summed E-state index contributed by atoms with van der Waals surface area (Å²) in [4.78, 5) is 13.9. The number of rotatable bonds is 4. The monoisotopic (exact) mass is 245 g/mol. The first-order valence-corrected chi connectivity index (χ1v) is 6.38. The van der Waals surface area contributed by atoms with Gasteiger partial charge in [-0.3, -0.25) is 4.79 Å². The molecule has 1 aromatic carbocycles. The van der Waals surface area contributed by atoms with Gasteiger partial charge in [-0.15, -0.1) is 11.3 Å². The van der Waals surface area contributed by atoms with Gasteiger partial charge in [0.05, 0.1) is 10.9 Å². The van der Waals surface area contributed by atoms with Gasteiger partial charge < -0.3 is 5.73 Å². The molecule has 0 fully saturated rings. The summed E-state index contributed by atoms with van der Waals surface area (Å²) in [5.74, 6) is 0.0342. The van der Waals surface area contributed by atoms with Crippen LogP contribution in [-0.2, 0) is 6.42 Å². The van der Waals surface area contributed by atoms with E-state index in [1.807, 2.05) is 49.4 Å². The highest BCUT2D eigenvalue weighted by molar-refractivity contribution is 7.14. The Hall–Kier alpha value is -1.45. The lowest BCUT2D eigenvalue weighted by Crippen LogP contribution is -2.32. The Labute approximate surface area is 105 Å². The molecule has 1 aromatic heterocycles. The number of benzene rings is 1. The van der Waals surface area contributed by atoms with Gasteiger partial charge in [0.15, 0.2) is 5.78 Å². The second-order valence-corrected chi connectivity index (χ2v) is 5.36. The predicted molar refractivity (Wildman–Crippen MR) is 71.5 cm³/mol. The second-order valence-electron chi connectivity index (χ2n) is 4.07. The maximum absolute atomic E-state index is 12.0. The topological polar surface area (TPSA) is 43.1 Å².